The zero-order valence-corrected chi connectivity index (χ0v) is 10.3. The lowest BCUT2D eigenvalue weighted by Gasteiger charge is -2.38. The van der Waals surface area contributed by atoms with Gasteiger partial charge in [0.1, 0.15) is 0 Å². The van der Waals surface area contributed by atoms with Crippen molar-refractivity contribution in [1.82, 2.24) is 0 Å². The molecule has 0 saturated heterocycles. The van der Waals surface area contributed by atoms with E-state index in [1.165, 1.54) is 19.6 Å². The van der Waals surface area contributed by atoms with Gasteiger partial charge in [-0.2, -0.15) is 0 Å². The number of nitrogens with zero attached hydrogens (tertiary/aromatic N) is 1. The van der Waals surface area contributed by atoms with Crippen LogP contribution in [-0.4, -0.2) is 24.1 Å². The number of nitro benzene ring substituents is 1. The lowest BCUT2D eigenvalue weighted by atomic mass is 9.78. The van der Waals surface area contributed by atoms with E-state index in [1.54, 1.807) is 12.1 Å². The number of anilines is 1. The molecule has 0 unspecified atom stereocenters. The zero-order valence-electron chi connectivity index (χ0n) is 10.3. The third-order valence-corrected chi connectivity index (χ3v) is 3.37. The summed E-state index contributed by atoms with van der Waals surface area (Å²) in [4.78, 5) is 10.3. The summed E-state index contributed by atoms with van der Waals surface area (Å²) in [5.41, 5.74) is 6.72. The van der Waals surface area contributed by atoms with Crippen molar-refractivity contribution >= 4 is 11.4 Å². The third kappa shape index (κ3) is 2.53. The lowest BCUT2D eigenvalue weighted by Crippen LogP contribution is -2.51. The summed E-state index contributed by atoms with van der Waals surface area (Å²) in [6.07, 6.45) is 3.20. The Hall–Kier alpha value is -1.82. The molecular weight excluding hydrogens is 234 g/mol. The van der Waals surface area contributed by atoms with Crippen molar-refractivity contribution < 1.29 is 9.66 Å². The Bertz CT molecular complexity index is 458. The second kappa shape index (κ2) is 4.81. The summed E-state index contributed by atoms with van der Waals surface area (Å²) >= 11 is 0. The molecule has 0 heterocycles. The van der Waals surface area contributed by atoms with E-state index in [2.05, 4.69) is 5.32 Å². The van der Waals surface area contributed by atoms with E-state index in [0.717, 1.165) is 18.5 Å². The van der Waals surface area contributed by atoms with Gasteiger partial charge in [-0.3, -0.25) is 10.1 Å². The van der Waals surface area contributed by atoms with E-state index in [0.29, 0.717) is 6.54 Å². The first-order valence-corrected chi connectivity index (χ1v) is 5.89. The van der Waals surface area contributed by atoms with Gasteiger partial charge in [0.25, 0.3) is 0 Å². The molecule has 0 aromatic heterocycles. The van der Waals surface area contributed by atoms with Crippen molar-refractivity contribution in [2.45, 2.75) is 24.8 Å². The molecule has 0 amide bonds. The van der Waals surface area contributed by atoms with Crippen LogP contribution in [0.3, 0.4) is 0 Å². The minimum absolute atomic E-state index is 0.0332. The van der Waals surface area contributed by atoms with Gasteiger partial charge in [0, 0.05) is 29.9 Å². The predicted molar refractivity (Wildman–Crippen MR) is 68.9 cm³/mol. The molecule has 0 spiro atoms. The number of ether oxygens (including phenoxy) is 1. The van der Waals surface area contributed by atoms with Gasteiger partial charge >= 0.3 is 5.69 Å². The molecule has 2 rings (SSSR count). The molecule has 1 saturated carbocycles. The van der Waals surface area contributed by atoms with E-state index in [9.17, 15) is 10.1 Å². The number of benzene rings is 1. The normalized spacial score (nSPS) is 16.8. The van der Waals surface area contributed by atoms with Crippen molar-refractivity contribution in [3.63, 3.8) is 0 Å². The molecule has 0 aliphatic heterocycles. The summed E-state index contributed by atoms with van der Waals surface area (Å²) in [5, 5.41) is 14.0. The Kier molecular flexibility index (Phi) is 3.38. The minimum Gasteiger partial charge on any atom is -0.490 e. The number of methoxy groups -OCH3 is 1. The molecule has 98 valence electrons. The molecule has 18 heavy (non-hydrogen) atoms. The van der Waals surface area contributed by atoms with E-state index in [-0.39, 0.29) is 17.0 Å². The average Bonchev–Trinajstić information content (AvgIpc) is 2.33. The minimum atomic E-state index is -0.459. The molecule has 1 fully saturated rings. The molecule has 0 atom stereocenters. The van der Waals surface area contributed by atoms with Gasteiger partial charge in [-0.05, 0) is 25.3 Å². The fraction of sp³-hybridized carbons (Fsp3) is 0.500. The van der Waals surface area contributed by atoms with Crippen molar-refractivity contribution in [2.75, 3.05) is 19.0 Å². The van der Waals surface area contributed by atoms with Crippen LogP contribution >= 0.6 is 0 Å². The van der Waals surface area contributed by atoms with E-state index < -0.39 is 4.92 Å². The summed E-state index contributed by atoms with van der Waals surface area (Å²) < 4.78 is 5.01. The highest BCUT2D eigenvalue weighted by Gasteiger charge is 2.32. The van der Waals surface area contributed by atoms with Gasteiger partial charge in [0.2, 0.25) is 0 Å². The van der Waals surface area contributed by atoms with Crippen molar-refractivity contribution in [3.8, 4) is 5.75 Å². The maximum Gasteiger partial charge on any atom is 0.311 e. The second-order valence-electron chi connectivity index (χ2n) is 4.71. The van der Waals surface area contributed by atoms with Gasteiger partial charge in [-0.1, -0.05) is 0 Å². The van der Waals surface area contributed by atoms with Crippen LogP contribution in [-0.2, 0) is 0 Å². The summed E-state index contributed by atoms with van der Waals surface area (Å²) in [7, 11) is 1.42. The van der Waals surface area contributed by atoms with Crippen LogP contribution in [0.15, 0.2) is 18.2 Å². The smallest absolute Gasteiger partial charge is 0.311 e. The number of nitrogens with two attached hydrogens (primary N) is 1. The number of hydrogen-bond acceptors (Lipinski definition) is 5. The number of hydrogen-bond donors (Lipinski definition) is 2. The predicted octanol–water partition coefficient (Wildman–Crippen LogP) is 1.90. The lowest BCUT2D eigenvalue weighted by molar-refractivity contribution is -0.385. The zero-order chi connectivity index (χ0) is 13.2. The monoisotopic (exact) mass is 251 g/mol. The Morgan fingerprint density at radius 3 is 2.78 bits per heavy atom. The van der Waals surface area contributed by atoms with E-state index in [4.69, 9.17) is 10.5 Å². The Labute approximate surface area is 105 Å². The highest BCUT2D eigenvalue weighted by atomic mass is 16.6. The number of nitro groups is 1. The number of nitrogens with one attached hydrogen (secondary N) is 1. The molecule has 1 aliphatic carbocycles. The molecule has 1 aromatic rings. The first-order chi connectivity index (χ1) is 8.54. The Balaban J connectivity index is 2.07. The topological polar surface area (TPSA) is 90.4 Å². The van der Waals surface area contributed by atoms with Crippen LogP contribution in [0, 0.1) is 10.1 Å². The second-order valence-corrected chi connectivity index (χ2v) is 4.71. The molecule has 1 aromatic carbocycles. The van der Waals surface area contributed by atoms with Gasteiger partial charge < -0.3 is 15.8 Å². The van der Waals surface area contributed by atoms with Crippen LogP contribution in [0.25, 0.3) is 0 Å². The first kappa shape index (κ1) is 12.6. The van der Waals surface area contributed by atoms with Gasteiger partial charge in [-0.25, -0.2) is 0 Å². The van der Waals surface area contributed by atoms with Crippen molar-refractivity contribution in [3.05, 3.63) is 28.3 Å². The highest BCUT2D eigenvalue weighted by molar-refractivity contribution is 5.58. The van der Waals surface area contributed by atoms with Crippen molar-refractivity contribution in [1.29, 1.82) is 0 Å². The summed E-state index contributed by atoms with van der Waals surface area (Å²) in [6.45, 7) is 0.675. The van der Waals surface area contributed by atoms with Crippen LogP contribution in [0.5, 0.6) is 5.75 Å². The molecular formula is C12H17N3O3. The Morgan fingerprint density at radius 2 is 2.28 bits per heavy atom. The van der Waals surface area contributed by atoms with Gasteiger partial charge in [-0.15, -0.1) is 0 Å². The first-order valence-electron chi connectivity index (χ1n) is 5.89. The van der Waals surface area contributed by atoms with Crippen LogP contribution in [0.1, 0.15) is 19.3 Å². The fourth-order valence-electron chi connectivity index (χ4n) is 2.02. The van der Waals surface area contributed by atoms with Gasteiger partial charge in [0.15, 0.2) is 5.75 Å². The molecule has 3 N–H and O–H groups in total. The summed E-state index contributed by atoms with van der Waals surface area (Å²) in [6, 6.07) is 4.73. The Morgan fingerprint density at radius 1 is 1.56 bits per heavy atom. The van der Waals surface area contributed by atoms with E-state index >= 15 is 0 Å². The maximum absolute atomic E-state index is 10.7. The van der Waals surface area contributed by atoms with Gasteiger partial charge in [0.05, 0.1) is 12.0 Å². The fourth-order valence-corrected chi connectivity index (χ4v) is 2.02. The largest absolute Gasteiger partial charge is 0.490 e. The molecule has 1 aliphatic rings. The van der Waals surface area contributed by atoms with Crippen LogP contribution in [0.2, 0.25) is 0 Å². The van der Waals surface area contributed by atoms with Crippen LogP contribution < -0.4 is 15.8 Å². The molecule has 6 heteroatoms. The molecule has 0 radical (unpaired) electrons. The van der Waals surface area contributed by atoms with Crippen LogP contribution in [0.4, 0.5) is 11.4 Å². The standard InChI is InChI=1S/C12H17N3O3/c1-18-11-7-9(3-4-10(11)15(16)17)14-8-12(13)5-2-6-12/h3-4,7,14H,2,5-6,8,13H2,1H3. The van der Waals surface area contributed by atoms with Crippen molar-refractivity contribution in [2.24, 2.45) is 5.73 Å². The van der Waals surface area contributed by atoms with E-state index in [1.807, 2.05) is 0 Å². The average molecular weight is 251 g/mol. The molecule has 0 bridgehead atoms. The highest BCUT2D eigenvalue weighted by Crippen LogP contribution is 2.32. The number of rotatable bonds is 5. The summed E-state index contributed by atoms with van der Waals surface area (Å²) in [5.74, 6) is 0.254. The maximum atomic E-state index is 10.7. The quantitative estimate of drug-likeness (QED) is 0.616. The SMILES string of the molecule is COc1cc(NCC2(N)CCC2)ccc1[N+](=O)[O-]. The third-order valence-electron chi connectivity index (χ3n) is 3.37. The molecule has 6 nitrogen and oxygen atoms in total.